The Morgan fingerprint density at radius 3 is 0.819 bits per heavy atom. The third kappa shape index (κ3) is 58.8. The van der Waals surface area contributed by atoms with E-state index in [4.69, 9.17) is 37.0 Å². The first-order chi connectivity index (χ1) is 39.9. The van der Waals surface area contributed by atoms with Gasteiger partial charge >= 0.3 is 39.5 Å². The number of hydrogen-bond acceptors (Lipinski definition) is 15. The van der Waals surface area contributed by atoms with E-state index in [-0.39, 0.29) is 25.7 Å². The molecule has 0 saturated carbocycles. The zero-order chi connectivity index (χ0) is 61.5. The molecule has 0 amide bonds. The number of rotatable bonds is 63. The van der Waals surface area contributed by atoms with Gasteiger partial charge in [0.25, 0.3) is 0 Å². The Balaban J connectivity index is 5.24. The van der Waals surface area contributed by atoms with Crippen molar-refractivity contribution in [1.82, 2.24) is 0 Å². The lowest BCUT2D eigenvalue weighted by molar-refractivity contribution is -0.161. The predicted molar refractivity (Wildman–Crippen MR) is 331 cm³/mol. The van der Waals surface area contributed by atoms with Gasteiger partial charge in [-0.3, -0.25) is 37.3 Å². The van der Waals surface area contributed by atoms with Crippen LogP contribution in [0.25, 0.3) is 0 Å². The maximum atomic E-state index is 13.0. The van der Waals surface area contributed by atoms with Crippen molar-refractivity contribution >= 4 is 39.5 Å². The van der Waals surface area contributed by atoms with Crippen LogP contribution in [0, 0.1) is 11.8 Å². The molecule has 0 radical (unpaired) electrons. The van der Waals surface area contributed by atoms with E-state index in [0.29, 0.717) is 25.7 Å². The number of aliphatic hydroxyl groups excluding tert-OH is 1. The summed E-state index contributed by atoms with van der Waals surface area (Å²) in [6.07, 6.45) is 38.9. The number of phosphoric ester groups is 2. The summed E-state index contributed by atoms with van der Waals surface area (Å²) in [5.41, 5.74) is 0. The third-order valence-corrected chi connectivity index (χ3v) is 16.6. The first kappa shape index (κ1) is 81.1. The van der Waals surface area contributed by atoms with Gasteiger partial charge in [-0.05, 0) is 37.5 Å². The van der Waals surface area contributed by atoms with Crippen LogP contribution < -0.4 is 0 Å². The highest BCUT2D eigenvalue weighted by atomic mass is 31.2. The summed E-state index contributed by atoms with van der Waals surface area (Å²) in [4.78, 5) is 72.2. The van der Waals surface area contributed by atoms with E-state index in [1.807, 2.05) is 0 Å². The second-order valence-electron chi connectivity index (χ2n) is 24.1. The van der Waals surface area contributed by atoms with Crippen LogP contribution in [-0.4, -0.2) is 96.7 Å². The van der Waals surface area contributed by atoms with E-state index in [9.17, 15) is 43.2 Å². The summed E-state index contributed by atoms with van der Waals surface area (Å²) in [5, 5.41) is 10.5. The summed E-state index contributed by atoms with van der Waals surface area (Å²) >= 11 is 0. The van der Waals surface area contributed by atoms with Gasteiger partial charge in [0.2, 0.25) is 0 Å². The molecule has 0 aliphatic heterocycles. The second-order valence-corrected chi connectivity index (χ2v) is 27.0. The molecule has 0 bridgehead atoms. The van der Waals surface area contributed by atoms with Gasteiger partial charge in [0.15, 0.2) is 12.2 Å². The maximum absolute atomic E-state index is 13.0. The largest absolute Gasteiger partial charge is 0.472 e. The molecule has 83 heavy (non-hydrogen) atoms. The molecule has 2 unspecified atom stereocenters. The molecular weight excluding hydrogens is 1100 g/mol. The highest BCUT2D eigenvalue weighted by molar-refractivity contribution is 7.47. The first-order valence-corrected chi connectivity index (χ1v) is 36.5. The Kier molecular flexibility index (Phi) is 55.2. The molecular formula is C64H124O17P2. The summed E-state index contributed by atoms with van der Waals surface area (Å²) in [5.74, 6) is -0.672. The summed E-state index contributed by atoms with van der Waals surface area (Å²) in [7, 11) is -9.88. The minimum atomic E-state index is -4.94. The molecule has 0 heterocycles. The van der Waals surface area contributed by atoms with Crippen LogP contribution in [0.1, 0.15) is 318 Å². The number of carbonyl (C=O) groups excluding carboxylic acids is 4. The van der Waals surface area contributed by atoms with E-state index >= 15 is 0 Å². The van der Waals surface area contributed by atoms with E-state index in [0.717, 1.165) is 102 Å². The molecule has 0 aliphatic carbocycles. The summed E-state index contributed by atoms with van der Waals surface area (Å²) in [6.45, 7) is 9.42. The fourth-order valence-electron chi connectivity index (χ4n) is 9.53. The van der Waals surface area contributed by atoms with Crippen molar-refractivity contribution in [3.05, 3.63) is 0 Å². The van der Waals surface area contributed by atoms with Crippen LogP contribution in [0.2, 0.25) is 0 Å². The minimum absolute atomic E-state index is 0.105. The lowest BCUT2D eigenvalue weighted by Gasteiger charge is -2.21. The number of ether oxygens (including phenoxy) is 4. The number of hydrogen-bond donors (Lipinski definition) is 3. The van der Waals surface area contributed by atoms with Crippen molar-refractivity contribution in [3.63, 3.8) is 0 Å². The molecule has 3 N–H and O–H groups in total. The van der Waals surface area contributed by atoms with Crippen LogP contribution in [0.15, 0.2) is 0 Å². The average Bonchev–Trinajstić information content (AvgIpc) is 3.45. The van der Waals surface area contributed by atoms with Crippen LogP contribution in [-0.2, 0) is 65.4 Å². The van der Waals surface area contributed by atoms with E-state index < -0.39 is 97.5 Å². The highest BCUT2D eigenvalue weighted by Gasteiger charge is 2.30. The minimum Gasteiger partial charge on any atom is -0.462 e. The van der Waals surface area contributed by atoms with Crippen LogP contribution in [0.3, 0.4) is 0 Å². The van der Waals surface area contributed by atoms with Crippen LogP contribution >= 0.6 is 15.6 Å². The van der Waals surface area contributed by atoms with Gasteiger partial charge in [-0.2, -0.15) is 0 Å². The van der Waals surface area contributed by atoms with Crippen molar-refractivity contribution in [3.8, 4) is 0 Å². The maximum Gasteiger partial charge on any atom is 0.472 e. The fraction of sp³-hybridized carbons (Fsp3) is 0.938. The monoisotopic (exact) mass is 1230 g/mol. The standard InChI is InChI=1S/C64H124O17P2/c1-7-9-11-13-15-17-18-22-30-36-42-48-63(68)80-59(52-74-61(66)46-40-34-28-20-16-14-12-10-8-2)54-78-82(70,71)76-50-58(65)51-77-83(72,73)79-55-60(53-75-62(67)47-41-35-29-25-24-27-33-39-45-57(5)6)81-64(69)49-43-37-31-23-19-21-26-32-38-44-56(3)4/h56-60,65H,7-55H2,1-6H3,(H,70,71)(H,72,73)/t58-,59+,60+/m0/s1. The SMILES string of the molecule is CCCCCCCCCCCCCC(=O)O[C@H](COC(=O)CCCCCCCCCCC)COP(=O)(O)OC[C@H](O)COP(=O)(O)OC[C@@H](COC(=O)CCCCCCCCCCC(C)C)OC(=O)CCCCCCCCCCCC(C)C. The van der Waals surface area contributed by atoms with Crippen molar-refractivity contribution in [2.24, 2.45) is 11.8 Å². The number of unbranched alkanes of at least 4 members (excludes halogenated alkanes) is 33. The zero-order valence-corrected chi connectivity index (χ0v) is 55.3. The summed E-state index contributed by atoms with van der Waals surface area (Å²) < 4.78 is 68.0. The van der Waals surface area contributed by atoms with Crippen molar-refractivity contribution in [2.45, 2.75) is 336 Å². The molecule has 0 aliphatic rings. The van der Waals surface area contributed by atoms with Crippen LogP contribution in [0.5, 0.6) is 0 Å². The quantitative estimate of drug-likeness (QED) is 0.0222. The molecule has 17 nitrogen and oxygen atoms in total. The molecule has 0 fully saturated rings. The molecule has 5 atom stereocenters. The topological polar surface area (TPSA) is 237 Å². The van der Waals surface area contributed by atoms with Gasteiger partial charge in [0, 0.05) is 25.7 Å². The van der Waals surface area contributed by atoms with E-state index in [2.05, 4.69) is 41.5 Å². The third-order valence-electron chi connectivity index (χ3n) is 14.7. The Hall–Kier alpha value is -1.94. The average molecular weight is 1230 g/mol. The Bertz CT molecular complexity index is 1630. The molecule has 0 aromatic carbocycles. The number of aliphatic hydroxyl groups is 1. The van der Waals surface area contributed by atoms with Crippen molar-refractivity contribution in [1.29, 1.82) is 0 Å². The Morgan fingerprint density at radius 1 is 0.325 bits per heavy atom. The van der Waals surface area contributed by atoms with Gasteiger partial charge in [-0.15, -0.1) is 0 Å². The van der Waals surface area contributed by atoms with Crippen LogP contribution in [0.4, 0.5) is 0 Å². The predicted octanol–water partition coefficient (Wildman–Crippen LogP) is 17.7. The molecule has 0 aromatic heterocycles. The zero-order valence-electron chi connectivity index (χ0n) is 53.5. The van der Waals surface area contributed by atoms with Gasteiger partial charge in [0.1, 0.15) is 19.3 Å². The lowest BCUT2D eigenvalue weighted by Crippen LogP contribution is -2.30. The second kappa shape index (κ2) is 56.6. The molecule has 0 saturated heterocycles. The Labute approximate surface area is 505 Å². The molecule has 0 aromatic rings. The molecule has 19 heteroatoms. The van der Waals surface area contributed by atoms with Gasteiger partial charge < -0.3 is 33.8 Å². The van der Waals surface area contributed by atoms with Gasteiger partial charge in [-0.1, -0.05) is 266 Å². The fourth-order valence-corrected chi connectivity index (χ4v) is 11.1. The normalized spacial score (nSPS) is 14.3. The number of esters is 4. The smallest absolute Gasteiger partial charge is 0.462 e. The molecule has 0 rings (SSSR count). The molecule has 0 spiro atoms. The van der Waals surface area contributed by atoms with E-state index in [1.165, 1.54) is 135 Å². The van der Waals surface area contributed by atoms with Gasteiger partial charge in [-0.25, -0.2) is 9.13 Å². The summed E-state index contributed by atoms with van der Waals surface area (Å²) in [6, 6.07) is 0. The van der Waals surface area contributed by atoms with Crippen molar-refractivity contribution < 1.29 is 80.2 Å². The molecule has 492 valence electrons. The number of phosphoric acid groups is 2. The van der Waals surface area contributed by atoms with E-state index in [1.54, 1.807) is 0 Å². The Morgan fingerprint density at radius 2 is 0.554 bits per heavy atom. The number of carbonyl (C=O) groups is 4. The highest BCUT2D eigenvalue weighted by Crippen LogP contribution is 2.45. The van der Waals surface area contributed by atoms with Crippen molar-refractivity contribution in [2.75, 3.05) is 39.6 Å². The lowest BCUT2D eigenvalue weighted by atomic mass is 10.0. The first-order valence-electron chi connectivity index (χ1n) is 33.5. The van der Waals surface area contributed by atoms with Gasteiger partial charge in [0.05, 0.1) is 26.4 Å².